The molecular formula is C22H34O8. The smallest absolute Gasteiger partial charge is 0.150 e. The Morgan fingerprint density at radius 1 is 0.600 bits per heavy atom. The lowest BCUT2D eigenvalue weighted by atomic mass is 10.2. The van der Waals surface area contributed by atoms with Gasteiger partial charge < -0.3 is 33.2 Å². The van der Waals surface area contributed by atoms with Crippen molar-refractivity contribution in [1.82, 2.24) is 0 Å². The van der Waals surface area contributed by atoms with Gasteiger partial charge in [-0.1, -0.05) is 6.08 Å². The van der Waals surface area contributed by atoms with Gasteiger partial charge in [0.05, 0.1) is 79.3 Å². The molecule has 0 saturated carbocycles. The highest BCUT2D eigenvalue weighted by Gasteiger charge is 1.96. The van der Waals surface area contributed by atoms with Gasteiger partial charge in [0.25, 0.3) is 0 Å². The Labute approximate surface area is 179 Å². The second-order valence-electron chi connectivity index (χ2n) is 5.96. The summed E-state index contributed by atoms with van der Waals surface area (Å²) in [6.45, 7) is 10.3. The lowest BCUT2D eigenvalue weighted by Crippen LogP contribution is -2.14. The third kappa shape index (κ3) is 16.0. The lowest BCUT2D eigenvalue weighted by Gasteiger charge is -2.09. The zero-order chi connectivity index (χ0) is 21.5. The van der Waals surface area contributed by atoms with Gasteiger partial charge in [0, 0.05) is 5.56 Å². The average molecular weight is 427 g/mol. The third-order valence-electron chi connectivity index (χ3n) is 3.61. The van der Waals surface area contributed by atoms with E-state index in [4.69, 9.17) is 33.2 Å². The molecule has 0 aliphatic rings. The number of benzene rings is 1. The number of rotatable bonds is 22. The summed E-state index contributed by atoms with van der Waals surface area (Å²) >= 11 is 0. The molecule has 0 aromatic heterocycles. The summed E-state index contributed by atoms with van der Waals surface area (Å²) in [4.78, 5) is 10.6. The van der Waals surface area contributed by atoms with Crippen molar-refractivity contribution in [3.05, 3.63) is 42.5 Å². The quantitative estimate of drug-likeness (QED) is 0.159. The van der Waals surface area contributed by atoms with Crippen molar-refractivity contribution in [2.45, 2.75) is 0 Å². The molecule has 0 aliphatic carbocycles. The fraction of sp³-hybridized carbons (Fsp3) is 0.591. The molecule has 8 nitrogen and oxygen atoms in total. The average Bonchev–Trinajstić information content (AvgIpc) is 2.78. The van der Waals surface area contributed by atoms with Crippen LogP contribution in [-0.2, 0) is 28.4 Å². The molecule has 30 heavy (non-hydrogen) atoms. The molecule has 0 radical (unpaired) electrons. The zero-order valence-electron chi connectivity index (χ0n) is 17.6. The molecule has 0 spiro atoms. The van der Waals surface area contributed by atoms with Crippen LogP contribution in [0, 0.1) is 0 Å². The number of aldehydes is 1. The van der Waals surface area contributed by atoms with Gasteiger partial charge in [-0.05, 0) is 24.3 Å². The van der Waals surface area contributed by atoms with Crippen LogP contribution in [0.5, 0.6) is 5.75 Å². The van der Waals surface area contributed by atoms with Crippen LogP contribution in [0.4, 0.5) is 0 Å². The van der Waals surface area contributed by atoms with Crippen LogP contribution in [0.25, 0.3) is 0 Å². The zero-order valence-corrected chi connectivity index (χ0v) is 17.6. The van der Waals surface area contributed by atoms with Gasteiger partial charge in [0.15, 0.2) is 0 Å². The number of carbonyl (C=O) groups is 1. The van der Waals surface area contributed by atoms with E-state index in [0.29, 0.717) is 97.2 Å². The highest BCUT2D eigenvalue weighted by molar-refractivity contribution is 5.74. The van der Waals surface area contributed by atoms with Crippen LogP contribution in [0.15, 0.2) is 36.9 Å². The molecule has 0 N–H and O–H groups in total. The molecule has 0 amide bonds. The van der Waals surface area contributed by atoms with Crippen molar-refractivity contribution >= 4 is 6.29 Å². The van der Waals surface area contributed by atoms with E-state index in [-0.39, 0.29) is 0 Å². The topological polar surface area (TPSA) is 81.7 Å². The maximum Gasteiger partial charge on any atom is 0.150 e. The predicted molar refractivity (Wildman–Crippen MR) is 112 cm³/mol. The van der Waals surface area contributed by atoms with E-state index in [1.165, 1.54) is 0 Å². The molecule has 0 heterocycles. The number of carbonyl (C=O) groups excluding carboxylic acids is 1. The van der Waals surface area contributed by atoms with Gasteiger partial charge in [-0.3, -0.25) is 4.79 Å². The first-order valence-electron chi connectivity index (χ1n) is 10.1. The van der Waals surface area contributed by atoms with Crippen LogP contribution in [-0.4, -0.2) is 92.2 Å². The Kier molecular flexibility index (Phi) is 17.9. The van der Waals surface area contributed by atoms with Crippen LogP contribution in [0.3, 0.4) is 0 Å². The van der Waals surface area contributed by atoms with Crippen molar-refractivity contribution in [2.24, 2.45) is 0 Å². The van der Waals surface area contributed by atoms with Gasteiger partial charge in [-0.15, -0.1) is 6.58 Å². The molecule has 1 aromatic carbocycles. The first-order valence-corrected chi connectivity index (χ1v) is 10.1. The minimum Gasteiger partial charge on any atom is -0.491 e. The van der Waals surface area contributed by atoms with Crippen molar-refractivity contribution in [3.8, 4) is 5.75 Å². The normalized spacial score (nSPS) is 10.8. The number of ether oxygens (including phenoxy) is 7. The van der Waals surface area contributed by atoms with Crippen LogP contribution >= 0.6 is 0 Å². The first-order chi connectivity index (χ1) is 14.9. The van der Waals surface area contributed by atoms with Crippen molar-refractivity contribution in [3.63, 3.8) is 0 Å². The van der Waals surface area contributed by atoms with Gasteiger partial charge in [0.2, 0.25) is 0 Å². The van der Waals surface area contributed by atoms with E-state index in [2.05, 4.69) is 6.58 Å². The summed E-state index contributed by atoms with van der Waals surface area (Å²) in [6.07, 6.45) is 2.51. The first kappa shape index (κ1) is 26.2. The van der Waals surface area contributed by atoms with Crippen LogP contribution in [0.1, 0.15) is 10.4 Å². The van der Waals surface area contributed by atoms with Crippen LogP contribution < -0.4 is 4.74 Å². The molecule has 8 heteroatoms. The third-order valence-corrected chi connectivity index (χ3v) is 3.61. The Morgan fingerprint density at radius 2 is 1.00 bits per heavy atom. The SMILES string of the molecule is C=CCOCCOCCOCCOCCOCCOCCOc1ccc(C=O)cc1. The Balaban J connectivity index is 1.72. The molecule has 0 saturated heterocycles. The molecule has 0 atom stereocenters. The number of hydrogen-bond acceptors (Lipinski definition) is 8. The van der Waals surface area contributed by atoms with E-state index >= 15 is 0 Å². The van der Waals surface area contributed by atoms with Crippen molar-refractivity contribution < 1.29 is 38.0 Å². The molecule has 0 unspecified atom stereocenters. The van der Waals surface area contributed by atoms with E-state index in [1.807, 2.05) is 0 Å². The predicted octanol–water partition coefficient (Wildman–Crippen LogP) is 2.16. The van der Waals surface area contributed by atoms with Crippen LogP contribution in [0.2, 0.25) is 0 Å². The van der Waals surface area contributed by atoms with E-state index in [1.54, 1.807) is 30.3 Å². The van der Waals surface area contributed by atoms with Gasteiger partial charge in [0.1, 0.15) is 18.6 Å². The summed E-state index contributed by atoms with van der Waals surface area (Å²) < 4.78 is 37.7. The molecule has 0 bridgehead atoms. The Bertz CT molecular complexity index is 520. The summed E-state index contributed by atoms with van der Waals surface area (Å²) in [5.41, 5.74) is 0.624. The highest BCUT2D eigenvalue weighted by atomic mass is 16.6. The molecule has 0 aliphatic heterocycles. The van der Waals surface area contributed by atoms with Gasteiger partial charge >= 0.3 is 0 Å². The molecular weight excluding hydrogens is 392 g/mol. The second-order valence-corrected chi connectivity index (χ2v) is 5.96. The van der Waals surface area contributed by atoms with E-state index in [9.17, 15) is 4.79 Å². The molecule has 1 aromatic rings. The molecule has 170 valence electrons. The largest absolute Gasteiger partial charge is 0.491 e. The Hall–Kier alpha value is -1.81. The van der Waals surface area contributed by atoms with Crippen molar-refractivity contribution in [1.29, 1.82) is 0 Å². The minimum atomic E-state index is 0.442. The second kappa shape index (κ2) is 20.5. The van der Waals surface area contributed by atoms with Crippen molar-refractivity contribution in [2.75, 3.05) is 85.9 Å². The van der Waals surface area contributed by atoms with E-state index < -0.39 is 0 Å². The van der Waals surface area contributed by atoms with E-state index in [0.717, 1.165) is 6.29 Å². The van der Waals surface area contributed by atoms with Gasteiger partial charge in [-0.25, -0.2) is 0 Å². The number of hydrogen-bond donors (Lipinski definition) is 0. The maximum atomic E-state index is 10.6. The van der Waals surface area contributed by atoms with Gasteiger partial charge in [-0.2, -0.15) is 0 Å². The lowest BCUT2D eigenvalue weighted by molar-refractivity contribution is -0.0168. The molecule has 0 fully saturated rings. The Morgan fingerprint density at radius 3 is 1.40 bits per heavy atom. The fourth-order valence-corrected chi connectivity index (χ4v) is 2.13. The highest BCUT2D eigenvalue weighted by Crippen LogP contribution is 2.10. The monoisotopic (exact) mass is 426 g/mol. The maximum absolute atomic E-state index is 10.6. The molecule has 1 rings (SSSR count). The minimum absolute atomic E-state index is 0.442. The fourth-order valence-electron chi connectivity index (χ4n) is 2.13. The standard InChI is InChI=1S/C22H34O8/c1-2-7-24-8-9-25-10-11-26-12-13-27-14-15-28-16-17-29-18-19-30-22-5-3-21(20-23)4-6-22/h2-6,20H,1,7-19H2. The summed E-state index contributed by atoms with van der Waals surface area (Å²) in [5.74, 6) is 0.711. The summed E-state index contributed by atoms with van der Waals surface area (Å²) in [7, 11) is 0. The summed E-state index contributed by atoms with van der Waals surface area (Å²) in [6, 6.07) is 6.94. The summed E-state index contributed by atoms with van der Waals surface area (Å²) in [5, 5.41) is 0.